The summed E-state index contributed by atoms with van der Waals surface area (Å²) in [5, 5.41) is 140. The number of aldehydes is 1. The van der Waals surface area contributed by atoms with Gasteiger partial charge in [-0.05, 0) is 153 Å². The molecule has 8 amide bonds. The highest BCUT2D eigenvalue weighted by molar-refractivity contribution is 6.32. The van der Waals surface area contributed by atoms with E-state index in [9.17, 15) is 79.8 Å². The van der Waals surface area contributed by atoms with E-state index in [-0.39, 0.29) is 49.1 Å². The molecule has 44 heteroatoms. The van der Waals surface area contributed by atoms with Gasteiger partial charge in [-0.1, -0.05) is 103 Å². The second kappa shape index (κ2) is 42.7. The van der Waals surface area contributed by atoms with Gasteiger partial charge in [0.2, 0.25) is 59.3 Å². The molecule has 8 aliphatic rings. The highest BCUT2D eigenvalue weighted by Crippen LogP contribution is 2.51. The van der Waals surface area contributed by atoms with Crippen molar-refractivity contribution in [3.63, 3.8) is 0 Å². The number of hydrogen-bond acceptors (Lipinski definition) is 32. The van der Waals surface area contributed by atoms with E-state index in [0.717, 1.165) is 83.4 Å². The number of esters is 1. The van der Waals surface area contributed by atoms with Crippen molar-refractivity contribution < 1.29 is 146 Å². The molecule has 41 nitrogen and oxygen atoms in total. The van der Waals surface area contributed by atoms with Crippen LogP contribution in [0.5, 0.6) is 46.0 Å². The van der Waals surface area contributed by atoms with Crippen LogP contribution in [-0.4, -0.2) is 239 Å². The topological polar surface area (TPSA) is 633 Å². The van der Waals surface area contributed by atoms with Gasteiger partial charge < -0.3 is 153 Å². The summed E-state index contributed by atoms with van der Waals surface area (Å²) in [6.07, 6.45) is -27.9. The monoisotopic (exact) mass is 1950 g/mol. The summed E-state index contributed by atoms with van der Waals surface area (Å²) in [4.78, 5) is 159. The quantitative estimate of drug-likeness (QED) is 0.0221. The predicted molar refractivity (Wildman–Crippen MR) is 479 cm³/mol. The van der Waals surface area contributed by atoms with Crippen LogP contribution >= 0.6 is 34.8 Å². The molecule has 23 unspecified atom stereocenters. The molecule has 0 aliphatic carbocycles. The molecule has 23 atom stereocenters. The van der Waals surface area contributed by atoms with Gasteiger partial charge in [-0.3, -0.25) is 47.9 Å². The van der Waals surface area contributed by atoms with Crippen molar-refractivity contribution in [1.82, 2.24) is 47.9 Å². The number of aromatic hydroxyl groups is 3. The minimum atomic E-state index is -2.48. The lowest BCUT2D eigenvalue weighted by Crippen LogP contribution is -2.65. The van der Waals surface area contributed by atoms with E-state index in [4.69, 9.17) is 88.9 Å². The van der Waals surface area contributed by atoms with Crippen molar-refractivity contribution in [1.29, 1.82) is 0 Å². The number of carboxylic acids is 1. The van der Waals surface area contributed by atoms with Gasteiger partial charge in [-0.25, -0.2) is 4.79 Å². The molecule has 8 aliphatic heterocycles. The summed E-state index contributed by atoms with van der Waals surface area (Å²) in [7, 11) is 1.46. The molecule has 728 valence electrons. The van der Waals surface area contributed by atoms with E-state index in [1.54, 1.807) is 32.9 Å². The van der Waals surface area contributed by atoms with Crippen molar-refractivity contribution in [2.24, 2.45) is 17.4 Å². The van der Waals surface area contributed by atoms with E-state index in [1.807, 2.05) is 41.7 Å². The van der Waals surface area contributed by atoms with Crippen LogP contribution < -0.4 is 73.5 Å². The second-order valence-corrected chi connectivity index (χ2v) is 36.1. The van der Waals surface area contributed by atoms with E-state index in [1.165, 1.54) is 40.0 Å². The summed E-state index contributed by atoms with van der Waals surface area (Å²) >= 11 is 21.0. The number of amides is 8. The highest BCUT2D eigenvalue weighted by atomic mass is 35.5. The number of aliphatic hydroxyl groups is 6. The Morgan fingerprint density at radius 1 is 0.647 bits per heavy atom. The number of halogens is 3. The number of nitrogens with one attached hydrogen (secondary N) is 9. The summed E-state index contributed by atoms with van der Waals surface area (Å²) in [5.74, 6) is -19.1. The molecule has 0 saturated carbocycles. The van der Waals surface area contributed by atoms with Gasteiger partial charge in [0.15, 0.2) is 48.7 Å². The number of fused-ring (bicyclic) bond motifs is 15. The molecule has 11 bridgehead atoms. The summed E-state index contributed by atoms with van der Waals surface area (Å²) in [5.41, 5.74) is 9.08. The third-order valence-electron chi connectivity index (χ3n) is 24.1. The minimum Gasteiger partial charge on any atom is -0.508 e. The van der Waals surface area contributed by atoms with Gasteiger partial charge in [0.25, 0.3) is 0 Å². The molecule has 23 N–H and O–H groups in total. The molecule has 15 rings (SSSR count). The first-order chi connectivity index (χ1) is 64.4. The Morgan fingerprint density at radius 3 is 1.87 bits per heavy atom. The standard InChI is InChI=1S/C92H104Cl3N11O30/c1-38(2)24-54(98-7)83(120)105-73-75(115)45-15-20-58(52(94)26-45)131-60-28-47-29-61(79(60)136-90-80(77(117)76(116)62(133-90)37-128-66(114)23-22-64(112)101-65(113)36-107)135-68-34-92(6,82(119)40(4)130-68)99-35-41-8-10-42(11-9-41)43-12-17-48(93)18-13-43)132-59-21-16-46(27-53(59)95)78(134-67-33-91(5,97)81(118)39(3)129-67)74-88(125)104-72(89(126)127)51-30-49(108)31-57(110)69(51)50-25-44(14-19-56(50)109)70(85(122)106-74)103-86(123)71(47)102-84(121)55(32-63(96)111)100-87(73)124/h8-21,25-31,36,38-40,54-55,62,65,67-68,70-78,80-82,90,98-99,108-110,113,115-119H,22-24,32-35,37,97H2,1-7H3,(H2,96,111)(H,100,124)(H,101,112)(H,102,121)(H,103,123)(H,104,125)(H,105,120)(H,106,122)(H,126,127). The average Bonchev–Trinajstić information content (AvgIpc) is 0.764. The van der Waals surface area contributed by atoms with Gasteiger partial charge in [-0.2, -0.15) is 0 Å². The number of aliphatic carboxylic acids is 1. The first kappa shape index (κ1) is 101. The SMILES string of the molecule is CNC(CC(C)C)C(=O)NC1C(=O)NC(CC(N)=O)C(=O)NC2C(=O)NC3C(=O)NC(C(=O)NC(C(=O)O)c4cc(O)cc(O)c4-c4cc3ccc4O)C(OC3CC(C)(N)C(O)C(C)O3)c3ccc(c(Cl)c3)Oc3cc2cc(c3OC2OC(COC(=O)CCC(=O)NC(O)C=O)C(O)C(O)C2OC2CC(C)(NCc3ccc(-c4ccc(Cl)cc4)cc3)C(O)C(C)O2)Oc2ccc(cc2Cl)C1O. The number of likely N-dealkylation sites (N-methyl/N-ethyl adjacent to an activating group) is 1. The minimum absolute atomic E-state index is 0.0122. The number of primary amides is 1. The van der Waals surface area contributed by atoms with Crippen LogP contribution in [0.4, 0.5) is 0 Å². The van der Waals surface area contributed by atoms with Gasteiger partial charge >= 0.3 is 11.9 Å². The third kappa shape index (κ3) is 23.3. The van der Waals surface area contributed by atoms with Crippen LogP contribution in [-0.2, 0) is 87.7 Å². The van der Waals surface area contributed by atoms with Crippen molar-refractivity contribution in [2.45, 2.75) is 226 Å². The second-order valence-electron chi connectivity index (χ2n) is 34.9. The molecule has 7 aromatic carbocycles. The van der Waals surface area contributed by atoms with Crippen LogP contribution in [0.2, 0.25) is 15.1 Å². The fourth-order valence-corrected chi connectivity index (χ4v) is 17.5. The number of phenolic OH excluding ortho intramolecular Hbond substituents is 3. The first-order valence-corrected chi connectivity index (χ1v) is 44.4. The number of carboxylic acid groups (broad SMARTS) is 1. The van der Waals surface area contributed by atoms with Crippen molar-refractivity contribution >= 4 is 100 Å². The number of carbonyl (C=O) groups is 11. The third-order valence-corrected chi connectivity index (χ3v) is 25.0. The maximum absolute atomic E-state index is 16.7. The van der Waals surface area contributed by atoms with Gasteiger partial charge in [-0.15, -0.1) is 0 Å². The normalized spacial score (nSPS) is 28.4. The molecule has 3 fully saturated rings. The zero-order valence-corrected chi connectivity index (χ0v) is 76.3. The molecular formula is C92H104Cl3N11O30. The number of nitrogens with two attached hydrogens (primary N) is 2. The number of carbonyl (C=O) groups excluding carboxylic acids is 10. The van der Waals surface area contributed by atoms with E-state index >= 15 is 24.0 Å². The van der Waals surface area contributed by atoms with Crippen molar-refractivity contribution in [3.8, 4) is 68.2 Å². The Bertz CT molecular complexity index is 5690. The molecule has 136 heavy (non-hydrogen) atoms. The molecular weight excluding hydrogens is 1850 g/mol. The molecule has 0 radical (unpaired) electrons. The van der Waals surface area contributed by atoms with Gasteiger partial charge in [0, 0.05) is 64.7 Å². The van der Waals surface area contributed by atoms with Crippen LogP contribution in [0, 0.1) is 5.92 Å². The summed E-state index contributed by atoms with van der Waals surface area (Å²) in [6, 6.07) is 13.4. The maximum Gasteiger partial charge on any atom is 0.330 e. The lowest BCUT2D eigenvalue weighted by Gasteiger charge is -2.48. The van der Waals surface area contributed by atoms with Crippen LogP contribution in [0.3, 0.4) is 0 Å². The number of phenols is 3. The Hall–Kier alpha value is -12.0. The van der Waals surface area contributed by atoms with E-state index < -0.39 is 308 Å². The van der Waals surface area contributed by atoms with Crippen LogP contribution in [0.15, 0.2) is 127 Å². The Labute approximate surface area is 791 Å². The lowest BCUT2D eigenvalue weighted by molar-refractivity contribution is -0.335. The fraction of sp³-hybridized carbons (Fsp3) is 0.424. The summed E-state index contributed by atoms with van der Waals surface area (Å²) < 4.78 is 59.0. The maximum atomic E-state index is 16.7. The van der Waals surface area contributed by atoms with Gasteiger partial charge in [0.1, 0.15) is 96.1 Å². The number of rotatable bonds is 25. The molecule has 8 heterocycles. The van der Waals surface area contributed by atoms with Crippen molar-refractivity contribution in [2.75, 3.05) is 13.7 Å². The Balaban J connectivity index is 1.03. The molecule has 3 saturated heterocycles. The first-order valence-electron chi connectivity index (χ1n) is 43.2. The summed E-state index contributed by atoms with van der Waals surface area (Å²) in [6.45, 7) is 8.84. The van der Waals surface area contributed by atoms with Gasteiger partial charge in [0.05, 0.1) is 53.3 Å². The van der Waals surface area contributed by atoms with E-state index in [0.29, 0.717) is 5.02 Å². The van der Waals surface area contributed by atoms with Crippen LogP contribution in [0.1, 0.15) is 144 Å². The zero-order valence-electron chi connectivity index (χ0n) is 74.0. The van der Waals surface area contributed by atoms with Crippen molar-refractivity contribution in [3.05, 3.63) is 176 Å². The highest BCUT2D eigenvalue weighted by Gasteiger charge is 2.54. The molecule has 0 spiro atoms. The Morgan fingerprint density at radius 2 is 1.25 bits per heavy atom. The predicted octanol–water partition coefficient (Wildman–Crippen LogP) is 3.46. The Kier molecular flexibility index (Phi) is 31.9. The average molecular weight is 1950 g/mol. The van der Waals surface area contributed by atoms with E-state index in [2.05, 4.69) is 42.5 Å². The number of ether oxygens (including phenoxy) is 9. The smallest absolute Gasteiger partial charge is 0.330 e. The molecule has 0 aromatic heterocycles. The molecule has 7 aromatic rings. The largest absolute Gasteiger partial charge is 0.508 e. The zero-order chi connectivity index (χ0) is 98.5. The number of aliphatic hydroxyl groups excluding tert-OH is 6. The lowest BCUT2D eigenvalue weighted by atomic mass is 9.84. The number of benzene rings is 7. The van der Waals surface area contributed by atoms with Crippen LogP contribution in [0.25, 0.3) is 22.3 Å². The number of hydrogen-bond donors (Lipinski definition) is 21. The fourth-order valence-electron chi connectivity index (χ4n) is 16.9.